The molecule has 0 fully saturated rings. The Hall–Kier alpha value is -2.36. The summed E-state index contributed by atoms with van der Waals surface area (Å²) in [5.41, 5.74) is 1.65. The Morgan fingerprint density at radius 3 is 2.75 bits per heavy atom. The van der Waals surface area contributed by atoms with E-state index in [1.807, 2.05) is 19.9 Å². The van der Waals surface area contributed by atoms with Crippen LogP contribution in [0.3, 0.4) is 0 Å². The second kappa shape index (κ2) is 7.95. The molecule has 0 saturated carbocycles. The summed E-state index contributed by atoms with van der Waals surface area (Å²) in [5, 5.41) is 11.9. The van der Waals surface area contributed by atoms with Gasteiger partial charge in [0, 0.05) is 9.90 Å². The van der Waals surface area contributed by atoms with Crippen molar-refractivity contribution in [1.82, 2.24) is 0 Å². The zero-order valence-electron chi connectivity index (χ0n) is 13.2. The van der Waals surface area contributed by atoms with E-state index in [0.29, 0.717) is 9.90 Å². The van der Waals surface area contributed by atoms with Crippen molar-refractivity contribution in [3.05, 3.63) is 50.2 Å². The largest absolute Gasteiger partial charge is 0.451 e. The summed E-state index contributed by atoms with van der Waals surface area (Å²) >= 11 is 7.19. The molecular weight excluding hydrogens is 348 g/mol. The van der Waals surface area contributed by atoms with E-state index >= 15 is 0 Å². The lowest BCUT2D eigenvalue weighted by molar-refractivity contribution is -0.119. The first-order valence-corrected chi connectivity index (χ1v) is 8.40. The number of hydrogen-bond acceptors (Lipinski definition) is 5. The zero-order chi connectivity index (χ0) is 17.7. The van der Waals surface area contributed by atoms with Crippen LogP contribution in [0.15, 0.2) is 24.3 Å². The number of carbonyl (C=O) groups is 2. The fourth-order valence-electron chi connectivity index (χ4n) is 2.08. The number of amides is 1. The van der Waals surface area contributed by atoms with Gasteiger partial charge in [-0.2, -0.15) is 5.26 Å². The second-order valence-electron chi connectivity index (χ2n) is 4.97. The van der Waals surface area contributed by atoms with Gasteiger partial charge in [-0.25, -0.2) is 4.79 Å². The maximum Gasteiger partial charge on any atom is 0.348 e. The van der Waals surface area contributed by atoms with Crippen LogP contribution in [0.1, 0.15) is 32.6 Å². The Morgan fingerprint density at radius 2 is 2.12 bits per heavy atom. The minimum atomic E-state index is -0.537. The zero-order valence-corrected chi connectivity index (χ0v) is 14.8. The number of anilines is 1. The SMILES string of the molecule is CCc1cc(C(=O)OCC(=O)Nc2cc(Cl)ccc2C#N)sc1C. The summed E-state index contributed by atoms with van der Waals surface area (Å²) in [4.78, 5) is 25.4. The van der Waals surface area contributed by atoms with Crippen molar-refractivity contribution in [2.24, 2.45) is 0 Å². The molecule has 0 spiro atoms. The second-order valence-corrected chi connectivity index (χ2v) is 6.66. The highest BCUT2D eigenvalue weighted by atomic mass is 35.5. The number of nitriles is 1. The number of rotatable bonds is 5. The Balaban J connectivity index is 1.97. The van der Waals surface area contributed by atoms with E-state index in [9.17, 15) is 9.59 Å². The van der Waals surface area contributed by atoms with E-state index in [1.54, 1.807) is 12.1 Å². The molecule has 0 radical (unpaired) electrons. The number of esters is 1. The molecule has 1 amide bonds. The van der Waals surface area contributed by atoms with E-state index in [0.717, 1.165) is 16.9 Å². The molecule has 5 nitrogen and oxygen atoms in total. The molecule has 1 N–H and O–H groups in total. The van der Waals surface area contributed by atoms with Crippen LogP contribution in [0, 0.1) is 18.3 Å². The molecular formula is C17H15ClN2O3S. The highest BCUT2D eigenvalue weighted by molar-refractivity contribution is 7.14. The summed E-state index contributed by atoms with van der Waals surface area (Å²) in [6, 6.07) is 8.27. The smallest absolute Gasteiger partial charge is 0.348 e. The number of aryl methyl sites for hydroxylation is 2. The van der Waals surface area contributed by atoms with E-state index in [2.05, 4.69) is 5.32 Å². The fraction of sp³-hybridized carbons (Fsp3) is 0.235. The Morgan fingerprint density at radius 1 is 1.38 bits per heavy atom. The number of benzene rings is 1. The molecule has 0 aliphatic heterocycles. The van der Waals surface area contributed by atoms with E-state index in [4.69, 9.17) is 21.6 Å². The van der Waals surface area contributed by atoms with Gasteiger partial charge >= 0.3 is 5.97 Å². The molecule has 0 unspecified atom stereocenters. The maximum absolute atomic E-state index is 12.0. The monoisotopic (exact) mass is 362 g/mol. The lowest BCUT2D eigenvalue weighted by atomic mass is 10.2. The maximum atomic E-state index is 12.0. The topological polar surface area (TPSA) is 79.2 Å². The number of hydrogen-bond donors (Lipinski definition) is 1. The molecule has 24 heavy (non-hydrogen) atoms. The molecule has 1 aromatic carbocycles. The summed E-state index contributed by atoms with van der Waals surface area (Å²) in [5.74, 6) is -1.07. The lowest BCUT2D eigenvalue weighted by Gasteiger charge is -2.08. The fourth-order valence-corrected chi connectivity index (χ4v) is 3.26. The molecule has 0 aliphatic rings. The molecule has 124 valence electrons. The van der Waals surface area contributed by atoms with Gasteiger partial charge in [0.15, 0.2) is 6.61 Å². The first kappa shape index (κ1) is 18.0. The molecule has 0 saturated heterocycles. The van der Waals surface area contributed by atoms with Gasteiger partial charge in [-0.15, -0.1) is 11.3 Å². The van der Waals surface area contributed by atoms with E-state index < -0.39 is 18.5 Å². The third kappa shape index (κ3) is 4.34. The Kier molecular flexibility index (Phi) is 5.96. The highest BCUT2D eigenvalue weighted by Gasteiger charge is 2.15. The summed E-state index contributed by atoms with van der Waals surface area (Å²) in [7, 11) is 0. The Labute approximate surface area is 148 Å². The van der Waals surface area contributed by atoms with Crippen molar-refractivity contribution >= 4 is 40.5 Å². The first-order chi connectivity index (χ1) is 11.4. The van der Waals surface area contributed by atoms with Crippen molar-refractivity contribution in [2.75, 3.05) is 11.9 Å². The molecule has 2 aromatic rings. The van der Waals surface area contributed by atoms with Crippen LogP contribution in [-0.2, 0) is 16.0 Å². The average Bonchev–Trinajstić information content (AvgIpc) is 2.94. The molecule has 2 rings (SSSR count). The normalized spacial score (nSPS) is 10.1. The molecule has 0 aliphatic carbocycles. The van der Waals surface area contributed by atoms with Gasteiger partial charge in [-0.1, -0.05) is 18.5 Å². The van der Waals surface area contributed by atoms with Crippen LogP contribution in [0.5, 0.6) is 0 Å². The van der Waals surface area contributed by atoms with Gasteiger partial charge in [-0.05, 0) is 43.2 Å². The summed E-state index contributed by atoms with van der Waals surface area (Å²) in [6.45, 7) is 3.51. The standard InChI is InChI=1S/C17H15ClN2O3S/c1-3-11-6-15(24-10(11)2)17(22)23-9-16(21)20-14-7-13(18)5-4-12(14)8-19/h4-7H,3,9H2,1-2H3,(H,20,21). The third-order valence-electron chi connectivity index (χ3n) is 3.31. The predicted octanol–water partition coefficient (Wildman–Crippen LogP) is 3.94. The predicted molar refractivity (Wildman–Crippen MR) is 93.5 cm³/mol. The number of ether oxygens (including phenoxy) is 1. The molecule has 7 heteroatoms. The third-order valence-corrected chi connectivity index (χ3v) is 4.62. The number of carbonyl (C=O) groups excluding carboxylic acids is 2. The van der Waals surface area contributed by atoms with Gasteiger partial charge in [0.05, 0.1) is 11.3 Å². The van der Waals surface area contributed by atoms with Gasteiger partial charge in [0.2, 0.25) is 0 Å². The molecule has 0 bridgehead atoms. The van der Waals surface area contributed by atoms with Crippen LogP contribution in [0.25, 0.3) is 0 Å². The van der Waals surface area contributed by atoms with Crippen molar-refractivity contribution in [3.8, 4) is 6.07 Å². The first-order valence-electron chi connectivity index (χ1n) is 7.20. The Bertz CT molecular complexity index is 824. The summed E-state index contributed by atoms with van der Waals surface area (Å²) in [6.07, 6.45) is 0.835. The lowest BCUT2D eigenvalue weighted by Crippen LogP contribution is -2.21. The minimum absolute atomic E-state index is 0.278. The van der Waals surface area contributed by atoms with Crippen molar-refractivity contribution in [2.45, 2.75) is 20.3 Å². The van der Waals surface area contributed by atoms with Crippen LogP contribution >= 0.6 is 22.9 Å². The average molecular weight is 363 g/mol. The molecule has 1 heterocycles. The van der Waals surface area contributed by atoms with Crippen LogP contribution in [0.2, 0.25) is 5.02 Å². The molecule has 0 atom stereocenters. The quantitative estimate of drug-likeness (QED) is 0.817. The number of nitrogens with one attached hydrogen (secondary N) is 1. The van der Waals surface area contributed by atoms with E-state index in [-0.39, 0.29) is 11.3 Å². The van der Waals surface area contributed by atoms with Crippen LogP contribution < -0.4 is 5.32 Å². The minimum Gasteiger partial charge on any atom is -0.451 e. The van der Waals surface area contributed by atoms with Crippen LogP contribution in [-0.4, -0.2) is 18.5 Å². The van der Waals surface area contributed by atoms with Crippen molar-refractivity contribution in [1.29, 1.82) is 5.26 Å². The van der Waals surface area contributed by atoms with Crippen molar-refractivity contribution < 1.29 is 14.3 Å². The summed E-state index contributed by atoms with van der Waals surface area (Å²) < 4.78 is 5.02. The van der Waals surface area contributed by atoms with Gasteiger partial charge in [0.1, 0.15) is 10.9 Å². The molecule has 1 aromatic heterocycles. The number of nitrogens with zero attached hydrogens (tertiary/aromatic N) is 1. The van der Waals surface area contributed by atoms with Crippen LogP contribution in [0.4, 0.5) is 5.69 Å². The van der Waals surface area contributed by atoms with E-state index in [1.165, 1.54) is 23.5 Å². The van der Waals surface area contributed by atoms with Crippen molar-refractivity contribution in [3.63, 3.8) is 0 Å². The number of halogens is 1. The highest BCUT2D eigenvalue weighted by Crippen LogP contribution is 2.23. The van der Waals surface area contributed by atoms with Gasteiger partial charge in [-0.3, -0.25) is 4.79 Å². The number of thiophene rings is 1. The van der Waals surface area contributed by atoms with Gasteiger partial charge in [0.25, 0.3) is 5.91 Å². The van der Waals surface area contributed by atoms with Gasteiger partial charge < -0.3 is 10.1 Å².